The van der Waals surface area contributed by atoms with E-state index in [0.717, 1.165) is 0 Å². The highest BCUT2D eigenvalue weighted by Crippen LogP contribution is 2.32. The molecule has 13 heavy (non-hydrogen) atoms. The van der Waals surface area contributed by atoms with Crippen LogP contribution in [0.5, 0.6) is 0 Å². The van der Waals surface area contributed by atoms with Crippen LogP contribution < -0.4 is 4.72 Å². The van der Waals surface area contributed by atoms with Crippen molar-refractivity contribution in [1.29, 1.82) is 0 Å². The fourth-order valence-electron chi connectivity index (χ4n) is 1.71. The highest BCUT2D eigenvalue weighted by molar-refractivity contribution is 7.98. The average molecular weight is 201 g/mol. The molecule has 0 radical (unpaired) electrons. The SMILES string of the molecule is CC1(NSC(C)(C)C)CCCCC1. The molecule has 0 aromatic heterocycles. The molecule has 1 N–H and O–H groups in total. The van der Waals surface area contributed by atoms with Crippen molar-refractivity contribution in [1.82, 2.24) is 4.72 Å². The summed E-state index contributed by atoms with van der Waals surface area (Å²) >= 11 is 1.89. The Balaban J connectivity index is 2.33. The Morgan fingerprint density at radius 2 is 1.62 bits per heavy atom. The van der Waals surface area contributed by atoms with Gasteiger partial charge in [0.25, 0.3) is 0 Å². The first kappa shape index (κ1) is 11.4. The highest BCUT2D eigenvalue weighted by Gasteiger charge is 2.27. The van der Waals surface area contributed by atoms with E-state index in [9.17, 15) is 0 Å². The summed E-state index contributed by atoms with van der Waals surface area (Å²) in [5.74, 6) is 0. The summed E-state index contributed by atoms with van der Waals surface area (Å²) in [5, 5.41) is 0. The standard InChI is InChI=1S/C11H23NS/c1-10(2,3)13-12-11(4)8-6-5-7-9-11/h12H,5-9H2,1-4H3. The van der Waals surface area contributed by atoms with E-state index in [-0.39, 0.29) is 0 Å². The Kier molecular flexibility index (Phi) is 3.70. The molecular formula is C11H23NS. The lowest BCUT2D eigenvalue weighted by Gasteiger charge is -2.36. The van der Waals surface area contributed by atoms with Crippen LogP contribution in [0.2, 0.25) is 0 Å². The second kappa shape index (κ2) is 4.22. The van der Waals surface area contributed by atoms with Gasteiger partial charge in [0.1, 0.15) is 0 Å². The predicted molar refractivity (Wildman–Crippen MR) is 62.0 cm³/mol. The van der Waals surface area contributed by atoms with Crippen LogP contribution in [0.25, 0.3) is 0 Å². The lowest BCUT2D eigenvalue weighted by Crippen LogP contribution is -2.41. The van der Waals surface area contributed by atoms with Crippen LogP contribution in [0, 0.1) is 0 Å². The predicted octanol–water partition coefficient (Wildman–Crippen LogP) is 3.75. The van der Waals surface area contributed by atoms with E-state index >= 15 is 0 Å². The van der Waals surface area contributed by atoms with Crippen LogP contribution in [0.3, 0.4) is 0 Å². The van der Waals surface area contributed by atoms with Crippen molar-refractivity contribution in [3.8, 4) is 0 Å². The van der Waals surface area contributed by atoms with Gasteiger partial charge in [-0.25, -0.2) is 0 Å². The molecule has 0 saturated heterocycles. The summed E-state index contributed by atoms with van der Waals surface area (Å²) in [7, 11) is 0. The Morgan fingerprint density at radius 1 is 1.08 bits per heavy atom. The van der Waals surface area contributed by atoms with Gasteiger partial charge in [-0.15, -0.1) is 0 Å². The zero-order valence-electron chi connectivity index (χ0n) is 9.44. The highest BCUT2D eigenvalue weighted by atomic mass is 32.2. The van der Waals surface area contributed by atoms with Crippen molar-refractivity contribution in [3.05, 3.63) is 0 Å². The minimum absolute atomic E-state index is 0.334. The zero-order valence-corrected chi connectivity index (χ0v) is 10.3. The first-order valence-corrected chi connectivity index (χ1v) is 6.18. The fourth-order valence-corrected chi connectivity index (χ4v) is 2.47. The number of rotatable bonds is 2. The minimum Gasteiger partial charge on any atom is -0.258 e. The van der Waals surface area contributed by atoms with Gasteiger partial charge >= 0.3 is 0 Å². The molecule has 0 aliphatic heterocycles. The maximum absolute atomic E-state index is 3.65. The summed E-state index contributed by atoms with van der Waals surface area (Å²) < 4.78 is 3.99. The van der Waals surface area contributed by atoms with E-state index < -0.39 is 0 Å². The van der Waals surface area contributed by atoms with Crippen LogP contribution in [0.1, 0.15) is 59.8 Å². The maximum atomic E-state index is 3.65. The molecule has 1 aliphatic rings. The monoisotopic (exact) mass is 201 g/mol. The normalized spacial score (nSPS) is 23.1. The van der Waals surface area contributed by atoms with Crippen molar-refractivity contribution >= 4 is 11.9 Å². The van der Waals surface area contributed by atoms with Crippen molar-refractivity contribution < 1.29 is 0 Å². The lowest BCUT2D eigenvalue weighted by molar-refractivity contribution is 0.300. The topological polar surface area (TPSA) is 12.0 Å². The number of hydrogen-bond donors (Lipinski definition) is 1. The second-order valence-electron chi connectivity index (χ2n) is 5.44. The fraction of sp³-hybridized carbons (Fsp3) is 1.00. The third kappa shape index (κ3) is 4.37. The van der Waals surface area contributed by atoms with Crippen LogP contribution in [-0.4, -0.2) is 10.3 Å². The van der Waals surface area contributed by atoms with Gasteiger partial charge in [-0.2, -0.15) is 0 Å². The molecule has 1 nitrogen and oxygen atoms in total. The van der Waals surface area contributed by atoms with E-state index in [1.807, 2.05) is 11.9 Å². The molecule has 1 aliphatic carbocycles. The average Bonchev–Trinajstić information content (AvgIpc) is 2.02. The quantitative estimate of drug-likeness (QED) is 0.683. The van der Waals surface area contributed by atoms with E-state index in [4.69, 9.17) is 0 Å². The maximum Gasteiger partial charge on any atom is 0.0255 e. The van der Waals surface area contributed by atoms with Crippen molar-refractivity contribution in [2.75, 3.05) is 0 Å². The van der Waals surface area contributed by atoms with Crippen LogP contribution in [0.15, 0.2) is 0 Å². The van der Waals surface area contributed by atoms with E-state index in [0.29, 0.717) is 10.3 Å². The van der Waals surface area contributed by atoms with E-state index in [1.165, 1.54) is 32.1 Å². The molecular weight excluding hydrogens is 178 g/mol. The third-order valence-electron chi connectivity index (χ3n) is 2.56. The van der Waals surface area contributed by atoms with Gasteiger partial charge in [0, 0.05) is 10.3 Å². The molecule has 0 atom stereocenters. The van der Waals surface area contributed by atoms with E-state index in [1.54, 1.807) is 0 Å². The van der Waals surface area contributed by atoms with Gasteiger partial charge in [0.15, 0.2) is 0 Å². The van der Waals surface area contributed by atoms with Crippen molar-refractivity contribution in [2.24, 2.45) is 0 Å². The zero-order chi connectivity index (χ0) is 9.95. The Hall–Kier alpha value is 0.310. The van der Waals surface area contributed by atoms with Gasteiger partial charge in [-0.3, -0.25) is 4.72 Å². The number of nitrogens with one attached hydrogen (secondary N) is 1. The molecule has 0 amide bonds. The van der Waals surface area contributed by atoms with Gasteiger partial charge in [-0.05, 0) is 40.5 Å². The van der Waals surface area contributed by atoms with Gasteiger partial charge in [0.05, 0.1) is 0 Å². The smallest absolute Gasteiger partial charge is 0.0255 e. The first-order valence-electron chi connectivity index (χ1n) is 5.37. The molecule has 0 unspecified atom stereocenters. The van der Waals surface area contributed by atoms with Crippen molar-refractivity contribution in [2.45, 2.75) is 70.1 Å². The molecule has 1 saturated carbocycles. The summed E-state index contributed by atoms with van der Waals surface area (Å²) in [6.07, 6.45) is 6.91. The number of hydrogen-bond acceptors (Lipinski definition) is 2. The summed E-state index contributed by atoms with van der Waals surface area (Å²) in [5.41, 5.74) is 0.399. The molecule has 0 spiro atoms. The van der Waals surface area contributed by atoms with Gasteiger partial charge in [-0.1, -0.05) is 31.2 Å². The van der Waals surface area contributed by atoms with Gasteiger partial charge in [0.2, 0.25) is 0 Å². The molecule has 2 heteroatoms. The summed E-state index contributed by atoms with van der Waals surface area (Å²) in [6.45, 7) is 9.15. The van der Waals surface area contributed by atoms with Crippen LogP contribution >= 0.6 is 11.9 Å². The lowest BCUT2D eigenvalue weighted by atomic mass is 9.84. The third-order valence-corrected chi connectivity index (χ3v) is 3.77. The summed E-state index contributed by atoms with van der Waals surface area (Å²) in [6, 6.07) is 0. The molecule has 1 fully saturated rings. The Morgan fingerprint density at radius 3 is 2.08 bits per heavy atom. The van der Waals surface area contributed by atoms with Crippen LogP contribution in [0.4, 0.5) is 0 Å². The molecule has 0 aromatic carbocycles. The molecule has 0 aromatic rings. The van der Waals surface area contributed by atoms with Crippen LogP contribution in [-0.2, 0) is 0 Å². The molecule has 0 heterocycles. The van der Waals surface area contributed by atoms with E-state index in [2.05, 4.69) is 32.4 Å². The minimum atomic E-state index is 0.334. The second-order valence-corrected chi connectivity index (χ2v) is 7.07. The Labute approximate surface area is 87.2 Å². The first-order chi connectivity index (χ1) is 5.91. The molecule has 78 valence electrons. The molecule has 1 rings (SSSR count). The summed E-state index contributed by atoms with van der Waals surface area (Å²) in [4.78, 5) is 0. The largest absolute Gasteiger partial charge is 0.258 e. The Bertz CT molecular complexity index is 154. The van der Waals surface area contributed by atoms with Crippen molar-refractivity contribution in [3.63, 3.8) is 0 Å². The molecule has 0 bridgehead atoms. The van der Waals surface area contributed by atoms with Gasteiger partial charge < -0.3 is 0 Å².